The van der Waals surface area contributed by atoms with Crippen LogP contribution in [0, 0.1) is 23.7 Å². The molecule has 0 bridgehead atoms. The van der Waals surface area contributed by atoms with Crippen LogP contribution in [0.25, 0.3) is 11.1 Å². The molecule has 33 heavy (non-hydrogen) atoms. The van der Waals surface area contributed by atoms with Crippen LogP contribution < -0.4 is 4.74 Å². The van der Waals surface area contributed by atoms with Gasteiger partial charge in [-0.05, 0) is 85.8 Å². The predicted octanol–water partition coefficient (Wildman–Crippen LogP) is 8.84. The number of thiophene rings is 1. The molecule has 172 valence electrons. The highest BCUT2D eigenvalue weighted by Crippen LogP contribution is 2.43. The average Bonchev–Trinajstić information content (AvgIpc) is 3.33. The highest BCUT2D eigenvalue weighted by atomic mass is 32.1. The summed E-state index contributed by atoms with van der Waals surface area (Å²) >= 11 is 2.00. The number of benzene rings is 2. The molecule has 1 aliphatic rings. The standard InChI is InChI=1S/C29H30F2OS/c1-3-5-6-24-15-18-27(33-24)23-13-9-21(10-14-23)20-7-11-22(12-8-20)25-16-17-26(32-19-4-2)29(31)28(25)30/h7-8,11-12,15-18,21,23H,3,5-6,9-10,13-14H2,1-2H3. The van der Waals surface area contributed by atoms with Crippen molar-refractivity contribution in [2.24, 2.45) is 0 Å². The molecule has 1 aromatic heterocycles. The molecule has 0 aliphatic heterocycles. The minimum absolute atomic E-state index is 0.192. The fourth-order valence-electron chi connectivity index (χ4n) is 4.68. The molecule has 4 rings (SSSR count). The smallest absolute Gasteiger partial charge is 0.203 e. The molecule has 0 spiro atoms. The summed E-state index contributed by atoms with van der Waals surface area (Å²) in [7, 11) is 0. The van der Waals surface area contributed by atoms with E-state index in [2.05, 4.69) is 43.2 Å². The van der Waals surface area contributed by atoms with E-state index in [0.717, 1.165) is 0 Å². The molecule has 1 saturated carbocycles. The first-order valence-corrected chi connectivity index (χ1v) is 12.7. The summed E-state index contributed by atoms with van der Waals surface area (Å²) in [6.45, 7) is 3.81. The van der Waals surface area contributed by atoms with Gasteiger partial charge in [0.15, 0.2) is 11.6 Å². The van der Waals surface area contributed by atoms with Gasteiger partial charge in [-0.1, -0.05) is 43.5 Å². The summed E-state index contributed by atoms with van der Waals surface area (Å²) in [6.07, 6.45) is 10.8. The fraction of sp³-hybridized carbons (Fsp3) is 0.379. The molecule has 0 saturated heterocycles. The van der Waals surface area contributed by atoms with Crippen molar-refractivity contribution in [2.75, 3.05) is 0 Å². The Morgan fingerprint density at radius 3 is 2.33 bits per heavy atom. The zero-order valence-electron chi connectivity index (χ0n) is 19.3. The number of hydrogen-bond acceptors (Lipinski definition) is 2. The Kier molecular flexibility index (Phi) is 7.83. The maximum atomic E-state index is 14.6. The van der Waals surface area contributed by atoms with Gasteiger partial charge in [0.25, 0.3) is 0 Å². The van der Waals surface area contributed by atoms with Crippen LogP contribution in [0.1, 0.15) is 79.5 Å². The van der Waals surface area contributed by atoms with Crippen LogP contribution in [0.15, 0.2) is 48.5 Å². The largest absolute Gasteiger partial charge is 0.404 e. The van der Waals surface area contributed by atoms with E-state index in [4.69, 9.17) is 4.74 Å². The highest BCUT2D eigenvalue weighted by Gasteiger charge is 2.25. The van der Waals surface area contributed by atoms with E-state index in [9.17, 15) is 8.78 Å². The Balaban J connectivity index is 1.40. The number of unbranched alkanes of at least 4 members (excludes halogenated alkanes) is 1. The van der Waals surface area contributed by atoms with Gasteiger partial charge < -0.3 is 4.74 Å². The molecule has 1 fully saturated rings. The molecule has 0 N–H and O–H groups in total. The lowest BCUT2D eigenvalue weighted by atomic mass is 9.78. The minimum Gasteiger partial charge on any atom is -0.404 e. The van der Waals surface area contributed by atoms with E-state index < -0.39 is 11.6 Å². The third-order valence-corrected chi connectivity index (χ3v) is 7.90. The van der Waals surface area contributed by atoms with Crippen molar-refractivity contribution in [2.45, 2.75) is 70.6 Å². The molecule has 1 aliphatic carbocycles. The van der Waals surface area contributed by atoms with Crippen molar-refractivity contribution in [3.63, 3.8) is 0 Å². The zero-order valence-corrected chi connectivity index (χ0v) is 20.1. The Morgan fingerprint density at radius 1 is 0.909 bits per heavy atom. The number of halogens is 2. The van der Waals surface area contributed by atoms with Gasteiger partial charge >= 0.3 is 0 Å². The van der Waals surface area contributed by atoms with Gasteiger partial charge in [0.2, 0.25) is 5.82 Å². The second-order valence-electron chi connectivity index (χ2n) is 8.77. The maximum absolute atomic E-state index is 14.6. The van der Waals surface area contributed by atoms with Gasteiger partial charge in [-0.25, -0.2) is 4.39 Å². The Labute approximate surface area is 199 Å². The van der Waals surface area contributed by atoms with E-state index in [0.29, 0.717) is 17.4 Å². The van der Waals surface area contributed by atoms with E-state index in [1.165, 1.54) is 61.5 Å². The summed E-state index contributed by atoms with van der Waals surface area (Å²) in [5.41, 5.74) is 2.18. The lowest BCUT2D eigenvalue weighted by Gasteiger charge is -2.28. The third kappa shape index (κ3) is 5.47. The molecule has 1 nitrogen and oxygen atoms in total. The lowest BCUT2D eigenvalue weighted by molar-refractivity contribution is 0.400. The van der Waals surface area contributed by atoms with Crippen LogP contribution in [0.3, 0.4) is 0 Å². The quantitative estimate of drug-likeness (QED) is 0.317. The Morgan fingerprint density at radius 2 is 1.64 bits per heavy atom. The van der Waals surface area contributed by atoms with Crippen molar-refractivity contribution in [3.05, 3.63) is 75.5 Å². The molecule has 0 radical (unpaired) electrons. The molecule has 0 atom stereocenters. The van der Waals surface area contributed by atoms with Crippen LogP contribution in [0.4, 0.5) is 8.78 Å². The summed E-state index contributed by atoms with van der Waals surface area (Å²) < 4.78 is 33.9. The van der Waals surface area contributed by atoms with Crippen molar-refractivity contribution < 1.29 is 13.5 Å². The molecule has 2 aromatic carbocycles. The first kappa shape index (κ1) is 23.5. The van der Waals surface area contributed by atoms with E-state index in [-0.39, 0.29) is 11.3 Å². The van der Waals surface area contributed by atoms with Crippen molar-refractivity contribution in [3.8, 4) is 28.9 Å². The van der Waals surface area contributed by atoms with Gasteiger partial charge in [0.05, 0.1) is 0 Å². The van der Waals surface area contributed by atoms with E-state index in [1.54, 1.807) is 17.9 Å². The maximum Gasteiger partial charge on any atom is 0.203 e. The minimum atomic E-state index is -1.01. The van der Waals surface area contributed by atoms with Gasteiger partial charge in [-0.3, -0.25) is 0 Å². The lowest BCUT2D eigenvalue weighted by Crippen LogP contribution is -2.11. The monoisotopic (exact) mass is 464 g/mol. The second-order valence-corrected chi connectivity index (χ2v) is 9.97. The molecule has 0 unspecified atom stereocenters. The first-order valence-electron chi connectivity index (χ1n) is 11.9. The Bertz CT molecular complexity index is 1130. The van der Waals surface area contributed by atoms with Crippen LogP contribution in [-0.4, -0.2) is 0 Å². The predicted molar refractivity (Wildman–Crippen MR) is 133 cm³/mol. The highest BCUT2D eigenvalue weighted by molar-refractivity contribution is 7.12. The van der Waals surface area contributed by atoms with Crippen molar-refractivity contribution in [1.29, 1.82) is 0 Å². The first-order chi connectivity index (χ1) is 16.1. The van der Waals surface area contributed by atoms with Crippen LogP contribution in [0.5, 0.6) is 5.75 Å². The summed E-state index contributed by atoms with van der Waals surface area (Å²) in [5.74, 6) is 1.60. The van der Waals surface area contributed by atoms with Crippen LogP contribution in [0.2, 0.25) is 0 Å². The summed E-state index contributed by atoms with van der Waals surface area (Å²) in [4.78, 5) is 3.07. The van der Waals surface area contributed by atoms with Crippen LogP contribution >= 0.6 is 11.3 Å². The average molecular weight is 465 g/mol. The topological polar surface area (TPSA) is 9.23 Å². The molecular weight excluding hydrogens is 434 g/mol. The van der Waals surface area contributed by atoms with Gasteiger partial charge in [0.1, 0.15) is 6.11 Å². The molecule has 4 heteroatoms. The fourth-order valence-corrected chi connectivity index (χ4v) is 5.91. The molecule has 0 amide bonds. The number of ether oxygens (including phenoxy) is 1. The summed E-state index contributed by atoms with van der Waals surface area (Å²) in [6, 6.07) is 15.5. The number of hydrogen-bond donors (Lipinski definition) is 0. The number of aryl methyl sites for hydroxylation is 1. The molecule has 1 heterocycles. The van der Waals surface area contributed by atoms with Crippen molar-refractivity contribution >= 4 is 11.3 Å². The SMILES string of the molecule is CC#COc1ccc(-c2ccc(C3CCC(c4ccc(CCCC)s4)CC3)cc2)c(F)c1F. The number of rotatable bonds is 7. The van der Waals surface area contributed by atoms with Gasteiger partial charge in [-0.2, -0.15) is 4.39 Å². The Hall–Kier alpha value is -2.64. The van der Waals surface area contributed by atoms with Gasteiger partial charge in [0, 0.05) is 22.2 Å². The normalized spacial score (nSPS) is 17.9. The summed E-state index contributed by atoms with van der Waals surface area (Å²) in [5, 5.41) is 0. The van der Waals surface area contributed by atoms with Gasteiger partial charge in [-0.15, -0.1) is 11.3 Å². The van der Waals surface area contributed by atoms with E-state index in [1.807, 2.05) is 23.5 Å². The molecule has 3 aromatic rings. The molecular formula is C29H30F2OS. The van der Waals surface area contributed by atoms with Crippen molar-refractivity contribution in [1.82, 2.24) is 0 Å². The van der Waals surface area contributed by atoms with E-state index >= 15 is 0 Å². The van der Waals surface area contributed by atoms with Crippen LogP contribution in [-0.2, 0) is 6.42 Å². The second kappa shape index (κ2) is 11.0. The zero-order chi connectivity index (χ0) is 23.2. The third-order valence-electron chi connectivity index (χ3n) is 6.59.